The first-order valence-corrected chi connectivity index (χ1v) is 11.6. The van der Waals surface area contributed by atoms with Gasteiger partial charge < -0.3 is 4.98 Å². The molecule has 0 radical (unpaired) electrons. The van der Waals surface area contributed by atoms with E-state index >= 15 is 0 Å². The first-order valence-electron chi connectivity index (χ1n) is 11.6. The Hall–Kier alpha value is -2.28. The Balaban J connectivity index is 0. The zero-order valence-electron chi connectivity index (χ0n) is 20.6. The SMILES string of the molecule is CC.CC.CC.CC.CC(C)Cc1ccc(-c2cc(-c3ccccc3)c[nH]2)cc1. The van der Waals surface area contributed by atoms with E-state index in [4.69, 9.17) is 0 Å². The van der Waals surface area contributed by atoms with Gasteiger partial charge in [-0.05, 0) is 40.7 Å². The first kappa shape index (κ1) is 28.9. The molecule has 1 nitrogen and oxygen atoms in total. The van der Waals surface area contributed by atoms with Crippen molar-refractivity contribution in [2.45, 2.75) is 75.7 Å². The van der Waals surface area contributed by atoms with Crippen LogP contribution < -0.4 is 0 Å². The second-order valence-corrected chi connectivity index (χ2v) is 5.96. The fraction of sp³-hybridized carbons (Fsp3) is 0.429. The Kier molecular flexibility index (Phi) is 19.0. The van der Waals surface area contributed by atoms with Crippen LogP contribution in [0.15, 0.2) is 66.9 Å². The average molecular weight is 396 g/mol. The molecule has 2 aromatic carbocycles. The van der Waals surface area contributed by atoms with E-state index in [0.29, 0.717) is 5.92 Å². The van der Waals surface area contributed by atoms with Gasteiger partial charge in [0.05, 0.1) is 0 Å². The summed E-state index contributed by atoms with van der Waals surface area (Å²) in [6.45, 7) is 20.5. The highest BCUT2D eigenvalue weighted by molar-refractivity contribution is 5.71. The summed E-state index contributed by atoms with van der Waals surface area (Å²) in [5.74, 6) is 0.700. The van der Waals surface area contributed by atoms with Gasteiger partial charge in [-0.2, -0.15) is 0 Å². The van der Waals surface area contributed by atoms with E-state index in [0.717, 1.165) is 6.42 Å². The number of benzene rings is 2. The maximum atomic E-state index is 3.38. The van der Waals surface area contributed by atoms with Crippen LogP contribution in [0.2, 0.25) is 0 Å². The molecule has 0 fully saturated rings. The lowest BCUT2D eigenvalue weighted by Gasteiger charge is -2.05. The minimum atomic E-state index is 0.700. The molecule has 29 heavy (non-hydrogen) atoms. The fourth-order valence-corrected chi connectivity index (χ4v) is 2.65. The standard InChI is InChI=1S/C20H21N.4C2H6/c1-15(2)12-16-8-10-18(11-9-16)20-13-19(14-21-20)17-6-4-3-5-7-17;4*1-2/h3-11,13-15,21H,12H2,1-2H3;4*1-2H3. The van der Waals surface area contributed by atoms with E-state index in [1.807, 2.05) is 61.5 Å². The topological polar surface area (TPSA) is 15.8 Å². The molecule has 1 N–H and O–H groups in total. The second kappa shape index (κ2) is 19.1. The Labute approximate surface area is 181 Å². The summed E-state index contributed by atoms with van der Waals surface area (Å²) >= 11 is 0. The largest absolute Gasteiger partial charge is 0.361 e. The molecule has 0 aliphatic heterocycles. The maximum absolute atomic E-state index is 3.38. The van der Waals surface area contributed by atoms with E-state index < -0.39 is 0 Å². The molecule has 0 atom stereocenters. The van der Waals surface area contributed by atoms with E-state index in [-0.39, 0.29) is 0 Å². The highest BCUT2D eigenvalue weighted by Gasteiger charge is 2.04. The highest BCUT2D eigenvalue weighted by Crippen LogP contribution is 2.26. The van der Waals surface area contributed by atoms with Crippen LogP contribution in [0.5, 0.6) is 0 Å². The lowest BCUT2D eigenvalue weighted by atomic mass is 10.0. The summed E-state index contributed by atoms with van der Waals surface area (Å²) in [5, 5.41) is 0. The van der Waals surface area contributed by atoms with Crippen molar-refractivity contribution in [2.75, 3.05) is 0 Å². The van der Waals surface area contributed by atoms with Crippen LogP contribution in [0.3, 0.4) is 0 Å². The lowest BCUT2D eigenvalue weighted by molar-refractivity contribution is 0.647. The van der Waals surface area contributed by atoms with E-state index in [9.17, 15) is 0 Å². The number of aromatic amines is 1. The molecule has 0 saturated heterocycles. The molecular weight excluding hydrogens is 350 g/mol. The van der Waals surface area contributed by atoms with Crippen LogP contribution in [0.4, 0.5) is 0 Å². The zero-order chi connectivity index (χ0) is 22.7. The van der Waals surface area contributed by atoms with Crippen molar-refractivity contribution in [1.29, 1.82) is 0 Å². The van der Waals surface area contributed by atoms with Gasteiger partial charge >= 0.3 is 0 Å². The quantitative estimate of drug-likeness (QED) is 0.452. The van der Waals surface area contributed by atoms with Gasteiger partial charge in [0.2, 0.25) is 0 Å². The van der Waals surface area contributed by atoms with Gasteiger partial charge in [0.25, 0.3) is 0 Å². The van der Waals surface area contributed by atoms with Gasteiger partial charge in [-0.1, -0.05) is 124 Å². The minimum absolute atomic E-state index is 0.700. The Bertz CT molecular complexity index is 691. The monoisotopic (exact) mass is 395 g/mol. The molecule has 3 rings (SSSR count). The minimum Gasteiger partial charge on any atom is -0.361 e. The predicted octanol–water partition coefficient (Wildman–Crippen LogP) is 9.65. The summed E-state index contributed by atoms with van der Waals surface area (Å²) in [4.78, 5) is 3.38. The summed E-state index contributed by atoms with van der Waals surface area (Å²) in [7, 11) is 0. The van der Waals surface area contributed by atoms with Gasteiger partial charge in [0.15, 0.2) is 0 Å². The number of nitrogens with one attached hydrogen (secondary N) is 1. The third kappa shape index (κ3) is 10.7. The number of hydrogen-bond donors (Lipinski definition) is 1. The van der Waals surface area contributed by atoms with E-state index in [1.54, 1.807) is 0 Å². The van der Waals surface area contributed by atoms with Gasteiger partial charge in [-0.25, -0.2) is 0 Å². The Morgan fingerprint density at radius 1 is 0.621 bits per heavy atom. The van der Waals surface area contributed by atoms with Crippen molar-refractivity contribution in [2.24, 2.45) is 5.92 Å². The fourth-order valence-electron chi connectivity index (χ4n) is 2.65. The third-order valence-electron chi connectivity index (χ3n) is 3.70. The smallest absolute Gasteiger partial charge is 0.0460 e. The number of hydrogen-bond acceptors (Lipinski definition) is 0. The van der Waals surface area contributed by atoms with Gasteiger partial charge in [0, 0.05) is 11.9 Å². The summed E-state index contributed by atoms with van der Waals surface area (Å²) in [6.07, 6.45) is 3.22. The van der Waals surface area contributed by atoms with Crippen molar-refractivity contribution in [3.63, 3.8) is 0 Å². The van der Waals surface area contributed by atoms with E-state index in [2.05, 4.69) is 79.6 Å². The van der Waals surface area contributed by atoms with Crippen molar-refractivity contribution >= 4 is 0 Å². The lowest BCUT2D eigenvalue weighted by Crippen LogP contribution is -1.93. The normalized spacial score (nSPS) is 8.79. The number of H-pyrrole nitrogens is 1. The molecule has 0 unspecified atom stereocenters. The molecule has 1 heteroatoms. The van der Waals surface area contributed by atoms with Crippen molar-refractivity contribution in [3.05, 3.63) is 72.4 Å². The zero-order valence-corrected chi connectivity index (χ0v) is 20.6. The molecule has 1 aromatic heterocycles. The predicted molar refractivity (Wildman–Crippen MR) is 136 cm³/mol. The number of rotatable bonds is 4. The average Bonchev–Trinajstić information content (AvgIpc) is 3.30. The van der Waals surface area contributed by atoms with Crippen LogP contribution in [-0.4, -0.2) is 4.98 Å². The molecule has 162 valence electrons. The molecule has 0 aliphatic carbocycles. The molecular formula is C28H45N. The Morgan fingerprint density at radius 2 is 1.14 bits per heavy atom. The first-order chi connectivity index (χ1) is 14.2. The molecule has 0 saturated carbocycles. The van der Waals surface area contributed by atoms with Gasteiger partial charge in [-0.3, -0.25) is 0 Å². The third-order valence-corrected chi connectivity index (χ3v) is 3.70. The summed E-state index contributed by atoms with van der Waals surface area (Å²) < 4.78 is 0. The molecule has 0 aliphatic rings. The Morgan fingerprint density at radius 3 is 1.62 bits per heavy atom. The molecule has 1 heterocycles. The van der Waals surface area contributed by atoms with Crippen LogP contribution >= 0.6 is 0 Å². The second-order valence-electron chi connectivity index (χ2n) is 5.96. The molecule has 0 spiro atoms. The van der Waals surface area contributed by atoms with Crippen molar-refractivity contribution < 1.29 is 0 Å². The van der Waals surface area contributed by atoms with Gasteiger partial charge in [-0.15, -0.1) is 0 Å². The van der Waals surface area contributed by atoms with Crippen LogP contribution in [0.25, 0.3) is 22.4 Å². The summed E-state index contributed by atoms with van der Waals surface area (Å²) in [5.41, 5.74) is 6.30. The van der Waals surface area contributed by atoms with Crippen LogP contribution in [0.1, 0.15) is 74.8 Å². The number of aromatic nitrogens is 1. The van der Waals surface area contributed by atoms with Crippen LogP contribution in [-0.2, 0) is 6.42 Å². The molecule has 0 amide bonds. The highest BCUT2D eigenvalue weighted by atomic mass is 14.7. The molecule has 3 aromatic rings. The van der Waals surface area contributed by atoms with Crippen molar-refractivity contribution in [3.8, 4) is 22.4 Å². The van der Waals surface area contributed by atoms with Crippen LogP contribution in [0, 0.1) is 5.92 Å². The molecule has 0 bridgehead atoms. The van der Waals surface area contributed by atoms with Gasteiger partial charge in [0.1, 0.15) is 0 Å². The van der Waals surface area contributed by atoms with E-state index in [1.165, 1.54) is 27.9 Å². The maximum Gasteiger partial charge on any atom is 0.0460 e. The summed E-state index contributed by atoms with van der Waals surface area (Å²) in [6, 6.07) is 21.6. The van der Waals surface area contributed by atoms with Crippen molar-refractivity contribution in [1.82, 2.24) is 4.98 Å².